The van der Waals surface area contributed by atoms with Crippen LogP contribution in [0.1, 0.15) is 12.8 Å². The number of rotatable bonds is 7. The predicted octanol–water partition coefficient (Wildman–Crippen LogP) is 5.26. The molecule has 2 aromatic carbocycles. The lowest BCUT2D eigenvalue weighted by atomic mass is 10.1. The molecule has 1 saturated heterocycles. The molecule has 8 nitrogen and oxygen atoms in total. The number of ether oxygens (including phenoxy) is 1. The van der Waals surface area contributed by atoms with Crippen LogP contribution in [0, 0.1) is 0 Å². The SMILES string of the molecule is COc1ccc(-c2csc3c(Nc4cn(-c5ccccc5)cn4)nc(N4CCCC4CO)nc23)cc1. The molecule has 9 heteroatoms. The molecule has 5 aromatic rings. The van der Waals surface area contributed by atoms with Crippen molar-refractivity contribution in [2.45, 2.75) is 18.9 Å². The fraction of sp³-hybridized carbons (Fsp3) is 0.222. The maximum Gasteiger partial charge on any atom is 0.228 e. The fourth-order valence-corrected chi connectivity index (χ4v) is 5.59. The topological polar surface area (TPSA) is 88.3 Å². The highest BCUT2D eigenvalue weighted by Gasteiger charge is 2.28. The minimum absolute atomic E-state index is 0.0238. The van der Waals surface area contributed by atoms with Crippen LogP contribution in [-0.4, -0.2) is 50.9 Å². The van der Waals surface area contributed by atoms with Crippen LogP contribution in [0.5, 0.6) is 5.75 Å². The zero-order valence-electron chi connectivity index (χ0n) is 19.8. The van der Waals surface area contributed by atoms with Gasteiger partial charge in [0.15, 0.2) is 5.82 Å². The minimum Gasteiger partial charge on any atom is -0.497 e. The third-order valence-corrected chi connectivity index (χ3v) is 7.51. The van der Waals surface area contributed by atoms with E-state index >= 15 is 0 Å². The molecule has 0 spiro atoms. The van der Waals surface area contributed by atoms with E-state index < -0.39 is 0 Å². The summed E-state index contributed by atoms with van der Waals surface area (Å²) >= 11 is 1.60. The Morgan fingerprint density at radius 3 is 2.72 bits per heavy atom. The van der Waals surface area contributed by atoms with E-state index in [1.165, 1.54) is 0 Å². The summed E-state index contributed by atoms with van der Waals surface area (Å²) in [6, 6.07) is 18.1. The second kappa shape index (κ2) is 9.60. The van der Waals surface area contributed by atoms with Crippen molar-refractivity contribution in [2.75, 3.05) is 30.5 Å². The van der Waals surface area contributed by atoms with Crippen molar-refractivity contribution in [3.05, 3.63) is 72.5 Å². The number of para-hydroxylation sites is 1. The number of nitrogens with zero attached hydrogens (tertiary/aromatic N) is 5. The first-order valence-electron chi connectivity index (χ1n) is 11.9. The van der Waals surface area contributed by atoms with Crippen molar-refractivity contribution < 1.29 is 9.84 Å². The number of thiophene rings is 1. The second-order valence-corrected chi connectivity index (χ2v) is 9.61. The van der Waals surface area contributed by atoms with Gasteiger partial charge in [0.25, 0.3) is 0 Å². The summed E-state index contributed by atoms with van der Waals surface area (Å²) in [6.07, 6.45) is 5.67. The van der Waals surface area contributed by atoms with Crippen LogP contribution in [0.15, 0.2) is 72.5 Å². The monoisotopic (exact) mass is 498 g/mol. The number of hydrogen-bond donors (Lipinski definition) is 2. The highest BCUT2D eigenvalue weighted by atomic mass is 32.1. The number of anilines is 3. The van der Waals surface area contributed by atoms with Crippen LogP contribution < -0.4 is 15.0 Å². The number of imidazole rings is 1. The molecule has 0 bridgehead atoms. The first-order valence-corrected chi connectivity index (χ1v) is 12.8. The maximum atomic E-state index is 9.93. The number of methoxy groups -OCH3 is 1. The molecule has 1 aliphatic rings. The molecule has 182 valence electrons. The van der Waals surface area contributed by atoms with Gasteiger partial charge in [-0.2, -0.15) is 4.98 Å². The Morgan fingerprint density at radius 1 is 1.11 bits per heavy atom. The summed E-state index contributed by atoms with van der Waals surface area (Å²) in [5.74, 6) is 2.84. The van der Waals surface area contributed by atoms with Gasteiger partial charge >= 0.3 is 0 Å². The quantitative estimate of drug-likeness (QED) is 0.317. The average Bonchev–Trinajstić information content (AvgIpc) is 3.69. The molecule has 1 fully saturated rings. The molecule has 0 amide bonds. The van der Waals surface area contributed by atoms with Crippen LogP contribution in [-0.2, 0) is 0 Å². The molecule has 3 aromatic heterocycles. The summed E-state index contributed by atoms with van der Waals surface area (Å²) in [5, 5.41) is 15.5. The van der Waals surface area contributed by atoms with Gasteiger partial charge in [-0.15, -0.1) is 11.3 Å². The van der Waals surface area contributed by atoms with Crippen LogP contribution in [0.4, 0.5) is 17.6 Å². The maximum absolute atomic E-state index is 9.93. The van der Waals surface area contributed by atoms with Crippen molar-refractivity contribution in [3.63, 3.8) is 0 Å². The van der Waals surface area contributed by atoms with Crippen LogP contribution in [0.3, 0.4) is 0 Å². The molecule has 6 rings (SSSR count). The number of aromatic nitrogens is 4. The highest BCUT2D eigenvalue weighted by molar-refractivity contribution is 7.18. The molecule has 1 aliphatic heterocycles. The van der Waals surface area contributed by atoms with Gasteiger partial charge in [-0.25, -0.2) is 9.97 Å². The Labute approximate surface area is 212 Å². The third kappa shape index (κ3) is 4.16. The molecule has 0 saturated carbocycles. The van der Waals surface area contributed by atoms with Crippen molar-refractivity contribution in [1.82, 2.24) is 19.5 Å². The fourth-order valence-electron chi connectivity index (χ4n) is 4.63. The number of hydrogen-bond acceptors (Lipinski definition) is 8. The lowest BCUT2D eigenvalue weighted by Crippen LogP contribution is -2.33. The third-order valence-electron chi connectivity index (χ3n) is 6.53. The molecule has 1 unspecified atom stereocenters. The van der Waals surface area contributed by atoms with E-state index in [0.717, 1.165) is 52.2 Å². The highest BCUT2D eigenvalue weighted by Crippen LogP contribution is 2.39. The van der Waals surface area contributed by atoms with Gasteiger partial charge in [-0.05, 0) is 42.7 Å². The zero-order valence-corrected chi connectivity index (χ0v) is 20.7. The van der Waals surface area contributed by atoms with E-state index in [2.05, 4.69) is 20.6 Å². The van der Waals surface area contributed by atoms with Crippen LogP contribution in [0.25, 0.3) is 27.0 Å². The molecule has 1 atom stereocenters. The van der Waals surface area contributed by atoms with E-state index in [9.17, 15) is 5.11 Å². The molecule has 0 radical (unpaired) electrons. The molecular weight excluding hydrogens is 472 g/mol. The first kappa shape index (κ1) is 22.5. The van der Waals surface area contributed by atoms with Crippen molar-refractivity contribution in [3.8, 4) is 22.6 Å². The van der Waals surface area contributed by atoms with Gasteiger partial charge < -0.3 is 24.6 Å². The number of fused-ring (bicyclic) bond motifs is 1. The summed E-state index contributed by atoms with van der Waals surface area (Å²) < 4.78 is 8.26. The van der Waals surface area contributed by atoms with Crippen LogP contribution >= 0.6 is 11.3 Å². The Kier molecular flexibility index (Phi) is 6.00. The first-order chi connectivity index (χ1) is 17.7. The van der Waals surface area contributed by atoms with Crippen molar-refractivity contribution in [1.29, 1.82) is 0 Å². The van der Waals surface area contributed by atoms with Crippen LogP contribution in [0.2, 0.25) is 0 Å². The summed E-state index contributed by atoms with van der Waals surface area (Å²) in [5.41, 5.74) is 4.01. The van der Waals surface area contributed by atoms with Gasteiger partial charge in [0.05, 0.1) is 36.2 Å². The van der Waals surface area contributed by atoms with Crippen molar-refractivity contribution >= 4 is 39.1 Å². The minimum atomic E-state index is 0.0238. The summed E-state index contributed by atoms with van der Waals surface area (Å²) in [7, 11) is 1.67. The lowest BCUT2D eigenvalue weighted by Gasteiger charge is -2.23. The van der Waals surface area contributed by atoms with E-state index in [4.69, 9.17) is 14.7 Å². The van der Waals surface area contributed by atoms with E-state index in [0.29, 0.717) is 17.6 Å². The predicted molar refractivity (Wildman–Crippen MR) is 144 cm³/mol. The molecule has 0 aliphatic carbocycles. The standard InChI is InChI=1S/C27H26N6O2S/c1-35-21-11-9-18(10-12-21)22-16-36-25-24(22)30-27(33-13-5-8-20(33)15-34)31-26(25)29-23-14-32(17-28-23)19-6-3-2-4-7-19/h2-4,6-7,9-12,14,16-17,20,34H,5,8,13,15H2,1H3,(H,29,30,31). The number of aliphatic hydroxyl groups excluding tert-OH is 1. The Hall–Kier alpha value is -3.95. The number of benzene rings is 2. The summed E-state index contributed by atoms with van der Waals surface area (Å²) in [4.78, 5) is 16.6. The molecule has 4 heterocycles. The molecule has 2 N–H and O–H groups in total. The lowest BCUT2D eigenvalue weighted by molar-refractivity contribution is 0.265. The summed E-state index contributed by atoms with van der Waals surface area (Å²) in [6.45, 7) is 0.904. The number of nitrogens with one attached hydrogen (secondary N) is 1. The number of aliphatic hydroxyl groups is 1. The van der Waals surface area contributed by atoms with E-state index in [1.807, 2.05) is 65.4 Å². The largest absolute Gasteiger partial charge is 0.497 e. The van der Waals surface area contributed by atoms with E-state index in [1.54, 1.807) is 24.8 Å². The normalized spacial score (nSPS) is 15.5. The second-order valence-electron chi connectivity index (χ2n) is 8.73. The Bertz CT molecular complexity index is 1480. The zero-order chi connectivity index (χ0) is 24.5. The van der Waals surface area contributed by atoms with Crippen molar-refractivity contribution in [2.24, 2.45) is 0 Å². The van der Waals surface area contributed by atoms with Gasteiger partial charge in [0, 0.05) is 23.2 Å². The van der Waals surface area contributed by atoms with Gasteiger partial charge in [0.2, 0.25) is 5.95 Å². The molecular formula is C27H26N6O2S. The van der Waals surface area contributed by atoms with Gasteiger partial charge in [0.1, 0.15) is 17.9 Å². The smallest absolute Gasteiger partial charge is 0.228 e. The van der Waals surface area contributed by atoms with E-state index in [-0.39, 0.29) is 12.6 Å². The van der Waals surface area contributed by atoms with Gasteiger partial charge in [-0.1, -0.05) is 30.3 Å². The average molecular weight is 499 g/mol. The van der Waals surface area contributed by atoms with Gasteiger partial charge in [-0.3, -0.25) is 0 Å². The molecule has 36 heavy (non-hydrogen) atoms. The Morgan fingerprint density at radius 2 is 1.94 bits per heavy atom. The Balaban J connectivity index is 1.43.